The van der Waals surface area contributed by atoms with E-state index in [1.807, 2.05) is 29.5 Å². The first-order chi connectivity index (χ1) is 8.76. The van der Waals surface area contributed by atoms with Crippen molar-refractivity contribution < 1.29 is 9.57 Å². The number of nitrogens with two attached hydrogens (primary N) is 1. The highest BCUT2D eigenvalue weighted by Crippen LogP contribution is 2.36. The summed E-state index contributed by atoms with van der Waals surface area (Å²) < 4.78 is 5.06. The van der Waals surface area contributed by atoms with E-state index >= 15 is 0 Å². The summed E-state index contributed by atoms with van der Waals surface area (Å²) in [6.45, 7) is 0.924. The standard InChI is InChI=1S/C13H17N3O2/c1-17-13-5-4-10(7-15-13)11-6-12(14)18-16(11)8-9-2-3-9/h4-7,9,11H,2-3,8,14H2,1H3. The van der Waals surface area contributed by atoms with Crippen LogP contribution in [0.3, 0.4) is 0 Å². The largest absolute Gasteiger partial charge is 0.481 e. The topological polar surface area (TPSA) is 60.6 Å². The minimum Gasteiger partial charge on any atom is -0.481 e. The molecule has 18 heavy (non-hydrogen) atoms. The van der Waals surface area contributed by atoms with Crippen molar-refractivity contribution in [3.63, 3.8) is 0 Å². The maximum atomic E-state index is 5.76. The SMILES string of the molecule is COc1ccc(C2C=C(N)ON2CC2CC2)cn1. The van der Waals surface area contributed by atoms with Crippen LogP contribution in [0.15, 0.2) is 30.3 Å². The maximum absolute atomic E-state index is 5.76. The van der Waals surface area contributed by atoms with Gasteiger partial charge in [-0.05, 0) is 24.3 Å². The Morgan fingerprint density at radius 1 is 1.50 bits per heavy atom. The molecule has 2 aliphatic rings. The molecule has 1 aromatic rings. The highest BCUT2D eigenvalue weighted by molar-refractivity contribution is 5.25. The second-order valence-corrected chi connectivity index (χ2v) is 4.78. The van der Waals surface area contributed by atoms with Crippen molar-refractivity contribution in [3.8, 4) is 5.88 Å². The van der Waals surface area contributed by atoms with Gasteiger partial charge >= 0.3 is 0 Å². The molecule has 5 heteroatoms. The monoisotopic (exact) mass is 247 g/mol. The van der Waals surface area contributed by atoms with E-state index in [2.05, 4.69) is 4.98 Å². The Balaban J connectivity index is 1.78. The normalized spacial score (nSPS) is 23.6. The highest BCUT2D eigenvalue weighted by Gasteiger charge is 2.33. The zero-order chi connectivity index (χ0) is 12.5. The van der Waals surface area contributed by atoms with Gasteiger partial charge in [-0.25, -0.2) is 4.98 Å². The lowest BCUT2D eigenvalue weighted by atomic mass is 10.1. The number of hydrogen-bond acceptors (Lipinski definition) is 5. The third-order valence-electron chi connectivity index (χ3n) is 3.30. The first-order valence-corrected chi connectivity index (χ1v) is 6.18. The average Bonchev–Trinajstić information content (AvgIpc) is 3.12. The second-order valence-electron chi connectivity index (χ2n) is 4.78. The summed E-state index contributed by atoms with van der Waals surface area (Å²) in [5.74, 6) is 1.83. The zero-order valence-electron chi connectivity index (χ0n) is 10.4. The number of hydroxylamine groups is 2. The lowest BCUT2D eigenvalue weighted by Crippen LogP contribution is -2.26. The van der Waals surface area contributed by atoms with Crippen LogP contribution in [0.25, 0.3) is 0 Å². The summed E-state index contributed by atoms with van der Waals surface area (Å²) >= 11 is 0. The Labute approximate surface area is 106 Å². The molecule has 96 valence electrons. The fourth-order valence-electron chi connectivity index (χ4n) is 2.12. The molecule has 3 rings (SSSR count). The van der Waals surface area contributed by atoms with Crippen molar-refractivity contribution in [1.82, 2.24) is 10.0 Å². The predicted octanol–water partition coefficient (Wildman–Crippen LogP) is 1.59. The second kappa shape index (κ2) is 4.49. The van der Waals surface area contributed by atoms with Crippen molar-refractivity contribution in [3.05, 3.63) is 35.9 Å². The average molecular weight is 247 g/mol. The van der Waals surface area contributed by atoms with E-state index in [-0.39, 0.29) is 6.04 Å². The molecule has 1 aliphatic carbocycles. The summed E-state index contributed by atoms with van der Waals surface area (Å²) in [7, 11) is 1.61. The first kappa shape index (κ1) is 11.3. The molecule has 0 saturated heterocycles. The minimum absolute atomic E-state index is 0.0593. The third-order valence-corrected chi connectivity index (χ3v) is 3.30. The molecule has 0 radical (unpaired) electrons. The summed E-state index contributed by atoms with van der Waals surface area (Å²) in [5, 5.41) is 1.94. The molecule has 1 saturated carbocycles. The Morgan fingerprint density at radius 3 is 2.94 bits per heavy atom. The Hall–Kier alpha value is -1.75. The van der Waals surface area contributed by atoms with Gasteiger partial charge in [-0.2, -0.15) is 0 Å². The summed E-state index contributed by atoms with van der Waals surface area (Å²) in [4.78, 5) is 9.77. The number of pyridine rings is 1. The summed E-state index contributed by atoms with van der Waals surface area (Å²) in [6, 6.07) is 3.91. The number of methoxy groups -OCH3 is 1. The minimum atomic E-state index is 0.0593. The molecular formula is C13H17N3O2. The molecule has 0 amide bonds. The lowest BCUT2D eigenvalue weighted by Gasteiger charge is -2.22. The van der Waals surface area contributed by atoms with E-state index in [0.717, 1.165) is 18.0 Å². The van der Waals surface area contributed by atoms with Crippen LogP contribution in [0, 0.1) is 5.92 Å². The summed E-state index contributed by atoms with van der Waals surface area (Å²) in [6.07, 6.45) is 6.30. The van der Waals surface area contributed by atoms with Crippen LogP contribution in [-0.4, -0.2) is 23.7 Å². The number of rotatable bonds is 4. The number of nitrogens with zero attached hydrogens (tertiary/aromatic N) is 2. The van der Waals surface area contributed by atoms with E-state index in [9.17, 15) is 0 Å². The first-order valence-electron chi connectivity index (χ1n) is 6.18. The molecule has 2 heterocycles. The van der Waals surface area contributed by atoms with Gasteiger partial charge in [0.1, 0.15) is 0 Å². The molecule has 5 nitrogen and oxygen atoms in total. The number of aromatic nitrogens is 1. The van der Waals surface area contributed by atoms with Gasteiger partial charge in [0.25, 0.3) is 0 Å². The van der Waals surface area contributed by atoms with Crippen molar-refractivity contribution in [2.45, 2.75) is 18.9 Å². The molecule has 1 unspecified atom stereocenters. The zero-order valence-corrected chi connectivity index (χ0v) is 10.4. The number of ether oxygens (including phenoxy) is 1. The molecule has 0 aromatic carbocycles. The van der Waals surface area contributed by atoms with E-state index in [4.69, 9.17) is 15.3 Å². The van der Waals surface area contributed by atoms with Crippen LogP contribution in [0.5, 0.6) is 5.88 Å². The van der Waals surface area contributed by atoms with Gasteiger partial charge in [-0.3, -0.25) is 0 Å². The van der Waals surface area contributed by atoms with E-state index in [1.54, 1.807) is 7.11 Å². The molecule has 1 fully saturated rings. The Kier molecular flexibility index (Phi) is 2.83. The predicted molar refractivity (Wildman–Crippen MR) is 66.3 cm³/mol. The molecule has 0 spiro atoms. The fraction of sp³-hybridized carbons (Fsp3) is 0.462. The molecule has 1 aromatic heterocycles. The van der Waals surface area contributed by atoms with Gasteiger partial charge < -0.3 is 15.3 Å². The van der Waals surface area contributed by atoms with Crippen LogP contribution >= 0.6 is 0 Å². The van der Waals surface area contributed by atoms with E-state index in [0.29, 0.717) is 11.8 Å². The van der Waals surface area contributed by atoms with Crippen LogP contribution in [0.1, 0.15) is 24.4 Å². The van der Waals surface area contributed by atoms with Gasteiger partial charge in [0.05, 0.1) is 13.2 Å². The lowest BCUT2D eigenvalue weighted by molar-refractivity contribution is -0.122. The van der Waals surface area contributed by atoms with Gasteiger partial charge in [0.2, 0.25) is 11.8 Å². The Bertz CT molecular complexity index is 454. The third kappa shape index (κ3) is 2.26. The molecule has 0 bridgehead atoms. The smallest absolute Gasteiger partial charge is 0.212 e. The molecule has 2 N–H and O–H groups in total. The van der Waals surface area contributed by atoms with Crippen molar-refractivity contribution in [2.24, 2.45) is 11.7 Å². The van der Waals surface area contributed by atoms with E-state index in [1.165, 1.54) is 12.8 Å². The van der Waals surface area contributed by atoms with Crippen LogP contribution < -0.4 is 10.5 Å². The molecule has 1 aliphatic heterocycles. The van der Waals surface area contributed by atoms with Crippen LogP contribution in [-0.2, 0) is 4.84 Å². The van der Waals surface area contributed by atoms with Crippen molar-refractivity contribution in [1.29, 1.82) is 0 Å². The van der Waals surface area contributed by atoms with Crippen molar-refractivity contribution in [2.75, 3.05) is 13.7 Å². The van der Waals surface area contributed by atoms with Gasteiger partial charge in [0, 0.05) is 24.9 Å². The fourth-order valence-corrected chi connectivity index (χ4v) is 2.12. The maximum Gasteiger partial charge on any atom is 0.212 e. The van der Waals surface area contributed by atoms with E-state index < -0.39 is 0 Å². The van der Waals surface area contributed by atoms with Gasteiger partial charge in [-0.15, -0.1) is 5.06 Å². The highest BCUT2D eigenvalue weighted by atomic mass is 16.7. The van der Waals surface area contributed by atoms with Crippen LogP contribution in [0.2, 0.25) is 0 Å². The van der Waals surface area contributed by atoms with Crippen LogP contribution in [0.4, 0.5) is 0 Å². The quantitative estimate of drug-likeness (QED) is 0.875. The molecule has 1 atom stereocenters. The summed E-state index contributed by atoms with van der Waals surface area (Å²) in [5.41, 5.74) is 6.82. The van der Waals surface area contributed by atoms with Gasteiger partial charge in [0.15, 0.2) is 0 Å². The molecular weight excluding hydrogens is 230 g/mol. The number of hydrogen-bond donors (Lipinski definition) is 1. The Morgan fingerprint density at radius 2 is 2.33 bits per heavy atom. The van der Waals surface area contributed by atoms with Gasteiger partial charge in [-0.1, -0.05) is 6.07 Å². The van der Waals surface area contributed by atoms with Crippen molar-refractivity contribution >= 4 is 0 Å².